The van der Waals surface area contributed by atoms with E-state index in [0.29, 0.717) is 27.6 Å². The molecule has 11 heteroatoms. The second-order valence-electron chi connectivity index (χ2n) is 8.46. The number of sulfonamides is 1. The number of nitrogens with one attached hydrogen (secondary N) is 3. The van der Waals surface area contributed by atoms with Gasteiger partial charge < -0.3 is 20.6 Å². The Morgan fingerprint density at radius 2 is 1.69 bits per heavy atom. The number of aliphatic hydroxyl groups is 1. The molecule has 0 radical (unpaired) electrons. The van der Waals surface area contributed by atoms with Crippen molar-refractivity contribution < 1.29 is 23.1 Å². The zero-order valence-electron chi connectivity index (χ0n) is 19.3. The van der Waals surface area contributed by atoms with E-state index >= 15 is 0 Å². The number of urea groups is 1. The molecule has 1 saturated heterocycles. The van der Waals surface area contributed by atoms with Crippen LogP contribution in [0.25, 0.3) is 11.1 Å². The van der Waals surface area contributed by atoms with Crippen LogP contribution in [-0.2, 0) is 14.8 Å². The Morgan fingerprint density at radius 1 is 1.03 bits per heavy atom. The molecule has 3 aromatic carbocycles. The number of piperidine rings is 1. The van der Waals surface area contributed by atoms with E-state index in [1.54, 1.807) is 72.8 Å². The molecule has 4 rings (SSSR count). The highest BCUT2D eigenvalue weighted by Crippen LogP contribution is 2.31. The Labute approximate surface area is 214 Å². The van der Waals surface area contributed by atoms with Crippen molar-refractivity contribution in [2.75, 3.05) is 27.7 Å². The van der Waals surface area contributed by atoms with Gasteiger partial charge in [0, 0.05) is 28.4 Å². The SMILES string of the molecule is CS(=O)(=O)Nc1ccccc1-c1ccc(N2C[C@H](O)C[C@@H](NC(=O)Nc3ccc(Cl)cc3)C2=O)cc1. The molecule has 0 unspecified atom stereocenters. The van der Waals surface area contributed by atoms with Gasteiger partial charge in [0.2, 0.25) is 15.9 Å². The molecule has 9 nitrogen and oxygen atoms in total. The van der Waals surface area contributed by atoms with Gasteiger partial charge in [0.25, 0.3) is 0 Å². The first kappa shape index (κ1) is 25.5. The number of anilines is 3. The summed E-state index contributed by atoms with van der Waals surface area (Å²) >= 11 is 5.86. The lowest BCUT2D eigenvalue weighted by atomic mass is 10.00. The number of para-hydroxylation sites is 1. The minimum absolute atomic E-state index is 0.0847. The number of carbonyl (C=O) groups excluding carboxylic acids is 2. The summed E-state index contributed by atoms with van der Waals surface area (Å²) in [5.74, 6) is -0.349. The zero-order chi connectivity index (χ0) is 25.9. The van der Waals surface area contributed by atoms with Crippen molar-refractivity contribution in [1.82, 2.24) is 5.32 Å². The van der Waals surface area contributed by atoms with E-state index in [4.69, 9.17) is 11.6 Å². The first-order valence-corrected chi connectivity index (χ1v) is 13.4. The number of hydrogen-bond acceptors (Lipinski definition) is 5. The van der Waals surface area contributed by atoms with Crippen LogP contribution >= 0.6 is 11.6 Å². The Morgan fingerprint density at radius 3 is 2.36 bits per heavy atom. The van der Waals surface area contributed by atoms with Gasteiger partial charge in [-0.2, -0.15) is 0 Å². The van der Waals surface area contributed by atoms with Gasteiger partial charge in [0.1, 0.15) is 6.04 Å². The number of halogens is 1. The molecular formula is C25H25ClN4O5S. The van der Waals surface area contributed by atoms with E-state index in [0.717, 1.165) is 11.8 Å². The molecule has 4 N–H and O–H groups in total. The number of rotatable bonds is 6. The van der Waals surface area contributed by atoms with E-state index in [-0.39, 0.29) is 18.9 Å². The number of aliphatic hydroxyl groups excluding tert-OH is 1. The molecule has 188 valence electrons. The molecule has 3 amide bonds. The molecule has 1 heterocycles. The molecule has 3 aromatic rings. The van der Waals surface area contributed by atoms with Crippen LogP contribution in [0.1, 0.15) is 6.42 Å². The summed E-state index contributed by atoms with van der Waals surface area (Å²) in [5.41, 5.74) is 2.92. The predicted octanol–water partition coefficient (Wildman–Crippen LogP) is 3.67. The van der Waals surface area contributed by atoms with Gasteiger partial charge in [0.15, 0.2) is 0 Å². The molecule has 1 aliphatic rings. The molecule has 0 aliphatic carbocycles. The van der Waals surface area contributed by atoms with Crippen molar-refractivity contribution >= 4 is 50.6 Å². The van der Waals surface area contributed by atoms with Crippen LogP contribution in [0.4, 0.5) is 21.9 Å². The smallest absolute Gasteiger partial charge is 0.319 e. The van der Waals surface area contributed by atoms with Crippen LogP contribution < -0.4 is 20.3 Å². The van der Waals surface area contributed by atoms with Crippen molar-refractivity contribution in [2.24, 2.45) is 0 Å². The van der Waals surface area contributed by atoms with Gasteiger partial charge in [-0.3, -0.25) is 9.52 Å². The standard InChI is InChI=1S/C25H25ClN4O5S/c1-36(34,35)29-22-5-3-2-4-21(22)16-6-12-19(13-7-16)30-15-20(31)14-23(24(30)32)28-25(33)27-18-10-8-17(26)9-11-18/h2-13,20,23,29,31H,14-15H2,1H3,(H2,27,28,33)/t20-,23-/m1/s1. The summed E-state index contributed by atoms with van der Waals surface area (Å²) in [6.45, 7) is 0.0847. The van der Waals surface area contributed by atoms with Crippen LogP contribution in [0.5, 0.6) is 0 Å². The molecule has 0 aromatic heterocycles. The molecule has 2 atom stereocenters. The third-order valence-electron chi connectivity index (χ3n) is 5.59. The van der Waals surface area contributed by atoms with E-state index in [2.05, 4.69) is 15.4 Å². The number of carbonyl (C=O) groups is 2. The molecule has 36 heavy (non-hydrogen) atoms. The van der Waals surface area contributed by atoms with Crippen LogP contribution in [-0.4, -0.2) is 50.4 Å². The van der Waals surface area contributed by atoms with E-state index in [9.17, 15) is 23.1 Å². The summed E-state index contributed by atoms with van der Waals surface area (Å²) < 4.78 is 25.9. The van der Waals surface area contributed by atoms with E-state index in [1.165, 1.54) is 4.90 Å². The normalized spacial score (nSPS) is 18.0. The van der Waals surface area contributed by atoms with Crippen LogP contribution in [0.2, 0.25) is 5.02 Å². The fourth-order valence-electron chi connectivity index (χ4n) is 3.99. The fraction of sp³-hybridized carbons (Fsp3) is 0.200. The summed E-state index contributed by atoms with van der Waals surface area (Å²) in [6.07, 6.45) is 0.342. The molecule has 0 bridgehead atoms. The Balaban J connectivity index is 1.49. The Hall–Kier alpha value is -3.60. The number of nitrogens with zero attached hydrogens (tertiary/aromatic N) is 1. The number of amides is 3. The lowest BCUT2D eigenvalue weighted by Crippen LogP contribution is -2.57. The third kappa shape index (κ3) is 6.34. The van der Waals surface area contributed by atoms with Gasteiger partial charge in [-0.25, -0.2) is 13.2 Å². The van der Waals surface area contributed by atoms with Crippen molar-refractivity contribution in [3.05, 3.63) is 77.8 Å². The maximum absolute atomic E-state index is 13.1. The van der Waals surface area contributed by atoms with Gasteiger partial charge >= 0.3 is 6.03 Å². The van der Waals surface area contributed by atoms with Crippen molar-refractivity contribution in [3.63, 3.8) is 0 Å². The summed E-state index contributed by atoms with van der Waals surface area (Å²) in [4.78, 5) is 27.0. The molecular weight excluding hydrogens is 504 g/mol. The number of β-amino-alcohol motifs (C(OH)–C–C–N with tert-alkyl or cyclic N) is 1. The van der Waals surface area contributed by atoms with Crippen molar-refractivity contribution in [3.8, 4) is 11.1 Å². The van der Waals surface area contributed by atoms with E-state index in [1.807, 2.05) is 0 Å². The predicted molar refractivity (Wildman–Crippen MR) is 141 cm³/mol. The van der Waals surface area contributed by atoms with Gasteiger partial charge in [-0.15, -0.1) is 0 Å². The summed E-state index contributed by atoms with van der Waals surface area (Å²) in [7, 11) is -3.46. The van der Waals surface area contributed by atoms with Crippen LogP contribution in [0, 0.1) is 0 Å². The highest BCUT2D eigenvalue weighted by atomic mass is 35.5. The summed E-state index contributed by atoms with van der Waals surface area (Å²) in [6, 6.07) is 19.0. The quantitative estimate of drug-likeness (QED) is 0.388. The lowest BCUT2D eigenvalue weighted by Gasteiger charge is -2.35. The van der Waals surface area contributed by atoms with Crippen molar-refractivity contribution in [1.29, 1.82) is 0 Å². The van der Waals surface area contributed by atoms with Gasteiger partial charge in [-0.05, 0) is 48.0 Å². The third-order valence-corrected chi connectivity index (χ3v) is 6.43. The summed E-state index contributed by atoms with van der Waals surface area (Å²) in [5, 5.41) is 16.2. The second-order valence-corrected chi connectivity index (χ2v) is 10.6. The minimum atomic E-state index is -3.46. The van der Waals surface area contributed by atoms with Crippen LogP contribution in [0.15, 0.2) is 72.8 Å². The Kier molecular flexibility index (Phi) is 7.48. The number of hydrogen-bond donors (Lipinski definition) is 4. The topological polar surface area (TPSA) is 128 Å². The first-order chi connectivity index (χ1) is 17.1. The molecule has 1 fully saturated rings. The minimum Gasteiger partial charge on any atom is -0.391 e. The first-order valence-electron chi connectivity index (χ1n) is 11.1. The largest absolute Gasteiger partial charge is 0.391 e. The maximum atomic E-state index is 13.1. The fourth-order valence-corrected chi connectivity index (χ4v) is 4.70. The zero-order valence-corrected chi connectivity index (χ0v) is 20.9. The number of benzene rings is 3. The van der Waals surface area contributed by atoms with E-state index < -0.39 is 28.2 Å². The average Bonchev–Trinajstić information content (AvgIpc) is 2.82. The average molecular weight is 529 g/mol. The molecule has 1 aliphatic heterocycles. The highest BCUT2D eigenvalue weighted by Gasteiger charge is 2.35. The van der Waals surface area contributed by atoms with Gasteiger partial charge in [0.05, 0.1) is 24.6 Å². The molecule has 0 spiro atoms. The second kappa shape index (κ2) is 10.6. The highest BCUT2D eigenvalue weighted by molar-refractivity contribution is 7.92. The molecule has 0 saturated carbocycles. The lowest BCUT2D eigenvalue weighted by molar-refractivity contribution is -0.123. The maximum Gasteiger partial charge on any atom is 0.319 e. The van der Waals surface area contributed by atoms with Gasteiger partial charge in [-0.1, -0.05) is 41.9 Å². The van der Waals surface area contributed by atoms with Crippen molar-refractivity contribution in [2.45, 2.75) is 18.6 Å². The monoisotopic (exact) mass is 528 g/mol. The van der Waals surface area contributed by atoms with Crippen LogP contribution in [0.3, 0.4) is 0 Å². The Bertz CT molecular complexity index is 1360.